The van der Waals surface area contributed by atoms with Gasteiger partial charge in [-0.15, -0.1) is 0 Å². The highest BCUT2D eigenvalue weighted by molar-refractivity contribution is 5.89. The maximum atomic E-state index is 12.1. The minimum absolute atomic E-state index is 0.00925. The molecular formula is C25H34O5. The molecule has 5 nitrogen and oxygen atoms in total. The van der Waals surface area contributed by atoms with E-state index in [-0.39, 0.29) is 22.7 Å². The second-order valence-electron chi connectivity index (χ2n) is 9.92. The SMILES string of the molecule is C=C1c2c(OC(C)=O)c(C(C)C)c(OC)c(OC(C)=O)c2[C@@]2(C)CCCC(C)(C)[C@H]12. The highest BCUT2D eigenvalue weighted by Gasteiger charge is 2.57. The largest absolute Gasteiger partial charge is 0.492 e. The van der Waals surface area contributed by atoms with Crippen LogP contribution in [-0.4, -0.2) is 19.0 Å². The molecule has 1 fully saturated rings. The predicted octanol–water partition coefficient (Wildman–Crippen LogP) is 5.78. The lowest BCUT2D eigenvalue weighted by Crippen LogP contribution is -2.42. The van der Waals surface area contributed by atoms with E-state index >= 15 is 0 Å². The van der Waals surface area contributed by atoms with Gasteiger partial charge in [-0.2, -0.15) is 0 Å². The van der Waals surface area contributed by atoms with Gasteiger partial charge in [-0.3, -0.25) is 9.59 Å². The van der Waals surface area contributed by atoms with E-state index in [0.717, 1.165) is 41.5 Å². The van der Waals surface area contributed by atoms with E-state index in [9.17, 15) is 9.59 Å². The summed E-state index contributed by atoms with van der Waals surface area (Å²) < 4.78 is 17.4. The number of benzene rings is 1. The van der Waals surface area contributed by atoms with Crippen LogP contribution in [0, 0.1) is 11.3 Å². The Morgan fingerprint density at radius 2 is 1.57 bits per heavy atom. The molecule has 5 heteroatoms. The average Bonchev–Trinajstić information content (AvgIpc) is 2.83. The van der Waals surface area contributed by atoms with E-state index in [1.807, 2.05) is 13.8 Å². The number of carbonyl (C=O) groups excluding carboxylic acids is 2. The first kappa shape index (κ1) is 22.4. The van der Waals surface area contributed by atoms with Gasteiger partial charge in [0.1, 0.15) is 5.75 Å². The molecule has 2 aliphatic carbocycles. The molecule has 0 saturated heterocycles. The molecular weight excluding hydrogens is 380 g/mol. The minimum Gasteiger partial charge on any atom is -0.492 e. The number of methoxy groups -OCH3 is 1. The van der Waals surface area contributed by atoms with Crippen LogP contribution in [0.25, 0.3) is 5.57 Å². The second-order valence-corrected chi connectivity index (χ2v) is 9.92. The fourth-order valence-electron chi connectivity index (χ4n) is 6.10. The van der Waals surface area contributed by atoms with E-state index in [2.05, 4.69) is 27.4 Å². The summed E-state index contributed by atoms with van der Waals surface area (Å²) in [6.45, 7) is 18.1. The normalized spacial score (nSPS) is 24.3. The molecule has 1 saturated carbocycles. The lowest BCUT2D eigenvalue weighted by molar-refractivity contribution is -0.133. The van der Waals surface area contributed by atoms with Crippen LogP contribution in [-0.2, 0) is 15.0 Å². The molecule has 0 amide bonds. The Labute approximate surface area is 179 Å². The third-order valence-electron chi connectivity index (χ3n) is 6.85. The number of hydrogen-bond donors (Lipinski definition) is 0. The number of hydrogen-bond acceptors (Lipinski definition) is 5. The lowest BCUT2D eigenvalue weighted by atomic mass is 9.56. The van der Waals surface area contributed by atoms with E-state index in [1.165, 1.54) is 13.8 Å². The molecule has 30 heavy (non-hydrogen) atoms. The van der Waals surface area contributed by atoms with Crippen molar-refractivity contribution in [2.45, 2.75) is 79.1 Å². The summed E-state index contributed by atoms with van der Waals surface area (Å²) in [5.41, 5.74) is 3.09. The number of fused-ring (bicyclic) bond motifs is 3. The van der Waals surface area contributed by atoms with Crippen molar-refractivity contribution in [2.75, 3.05) is 7.11 Å². The van der Waals surface area contributed by atoms with Gasteiger partial charge >= 0.3 is 11.9 Å². The fraction of sp³-hybridized carbons (Fsp3) is 0.600. The molecule has 164 valence electrons. The Kier molecular flexibility index (Phi) is 5.55. The first-order valence-corrected chi connectivity index (χ1v) is 10.7. The predicted molar refractivity (Wildman–Crippen MR) is 117 cm³/mol. The van der Waals surface area contributed by atoms with Gasteiger partial charge in [0.15, 0.2) is 11.5 Å². The summed E-state index contributed by atoms with van der Waals surface area (Å²) in [6.07, 6.45) is 3.08. The second kappa shape index (κ2) is 7.44. The molecule has 0 spiro atoms. The molecule has 2 atom stereocenters. The Morgan fingerprint density at radius 1 is 1.00 bits per heavy atom. The topological polar surface area (TPSA) is 61.8 Å². The van der Waals surface area contributed by atoms with Crippen LogP contribution >= 0.6 is 0 Å². The summed E-state index contributed by atoms with van der Waals surface area (Å²) in [5.74, 6) is 0.731. The number of rotatable bonds is 4. The number of esters is 2. The molecule has 0 aliphatic heterocycles. The first-order chi connectivity index (χ1) is 13.9. The number of carbonyl (C=O) groups is 2. The molecule has 0 unspecified atom stereocenters. The van der Waals surface area contributed by atoms with Crippen LogP contribution < -0.4 is 14.2 Å². The van der Waals surface area contributed by atoms with Crippen molar-refractivity contribution in [2.24, 2.45) is 11.3 Å². The highest BCUT2D eigenvalue weighted by Crippen LogP contribution is 2.68. The summed E-state index contributed by atoms with van der Waals surface area (Å²) in [4.78, 5) is 24.2. The van der Waals surface area contributed by atoms with E-state index in [1.54, 1.807) is 7.11 Å². The van der Waals surface area contributed by atoms with Gasteiger partial charge in [0.2, 0.25) is 0 Å². The molecule has 0 heterocycles. The fourth-order valence-corrected chi connectivity index (χ4v) is 6.10. The van der Waals surface area contributed by atoms with Crippen molar-refractivity contribution in [3.63, 3.8) is 0 Å². The monoisotopic (exact) mass is 414 g/mol. The zero-order valence-electron chi connectivity index (χ0n) is 19.5. The zero-order chi connectivity index (χ0) is 22.6. The van der Waals surface area contributed by atoms with Gasteiger partial charge in [0.05, 0.1) is 7.11 Å². The van der Waals surface area contributed by atoms with Crippen LogP contribution in [0.2, 0.25) is 0 Å². The third kappa shape index (κ3) is 3.23. The first-order valence-electron chi connectivity index (χ1n) is 10.7. The zero-order valence-corrected chi connectivity index (χ0v) is 19.5. The molecule has 1 aromatic carbocycles. The molecule has 2 aliphatic rings. The van der Waals surface area contributed by atoms with Gasteiger partial charge in [0.25, 0.3) is 0 Å². The quantitative estimate of drug-likeness (QED) is 0.462. The van der Waals surface area contributed by atoms with Crippen molar-refractivity contribution in [3.8, 4) is 17.2 Å². The van der Waals surface area contributed by atoms with Crippen LogP contribution in [0.3, 0.4) is 0 Å². The Morgan fingerprint density at radius 3 is 2.07 bits per heavy atom. The van der Waals surface area contributed by atoms with Crippen molar-refractivity contribution in [1.29, 1.82) is 0 Å². The maximum absolute atomic E-state index is 12.1. The van der Waals surface area contributed by atoms with Gasteiger partial charge in [0, 0.05) is 36.0 Å². The smallest absolute Gasteiger partial charge is 0.308 e. The number of ether oxygens (including phenoxy) is 3. The molecule has 0 radical (unpaired) electrons. The Hall–Kier alpha value is -2.30. The van der Waals surface area contributed by atoms with Gasteiger partial charge < -0.3 is 14.2 Å². The van der Waals surface area contributed by atoms with E-state index in [0.29, 0.717) is 17.2 Å². The Bertz CT molecular complexity index is 924. The van der Waals surface area contributed by atoms with Gasteiger partial charge in [-0.1, -0.05) is 47.6 Å². The lowest BCUT2D eigenvalue weighted by Gasteiger charge is -2.48. The Balaban J connectivity index is 2.50. The summed E-state index contributed by atoms with van der Waals surface area (Å²) >= 11 is 0. The van der Waals surface area contributed by atoms with Crippen LogP contribution in [0.15, 0.2) is 6.58 Å². The van der Waals surface area contributed by atoms with Crippen molar-refractivity contribution in [1.82, 2.24) is 0 Å². The van der Waals surface area contributed by atoms with Crippen LogP contribution in [0.1, 0.15) is 90.3 Å². The standard InChI is InChI=1S/C25H34O5/c1-13(2)17-20(29-15(4)26)18-14(3)23-24(6,7)11-10-12-25(23,8)19(18)22(21(17)28-9)30-16(5)27/h13,23H,3,10-12H2,1-2,4-9H3/t23-,25+/m0/s1. The average molecular weight is 415 g/mol. The van der Waals surface area contributed by atoms with Gasteiger partial charge in [-0.25, -0.2) is 0 Å². The van der Waals surface area contributed by atoms with Crippen molar-refractivity contribution in [3.05, 3.63) is 23.3 Å². The highest BCUT2D eigenvalue weighted by atomic mass is 16.6. The third-order valence-corrected chi connectivity index (χ3v) is 6.85. The summed E-state index contributed by atoms with van der Waals surface area (Å²) in [7, 11) is 1.56. The molecule has 0 bridgehead atoms. The maximum Gasteiger partial charge on any atom is 0.308 e. The van der Waals surface area contributed by atoms with Crippen LogP contribution in [0.5, 0.6) is 17.2 Å². The molecule has 3 rings (SSSR count). The number of allylic oxidation sites excluding steroid dienone is 1. The molecule has 0 N–H and O–H groups in total. The minimum atomic E-state index is -0.404. The molecule has 1 aromatic rings. The summed E-state index contributed by atoms with van der Waals surface area (Å²) in [6, 6.07) is 0. The summed E-state index contributed by atoms with van der Waals surface area (Å²) in [5, 5.41) is 0. The van der Waals surface area contributed by atoms with Crippen LogP contribution in [0.4, 0.5) is 0 Å². The van der Waals surface area contributed by atoms with Crippen molar-refractivity contribution >= 4 is 17.5 Å². The van der Waals surface area contributed by atoms with Crippen molar-refractivity contribution < 1.29 is 23.8 Å². The van der Waals surface area contributed by atoms with E-state index < -0.39 is 11.9 Å². The molecule has 0 aromatic heterocycles. The van der Waals surface area contributed by atoms with E-state index in [4.69, 9.17) is 14.2 Å². The van der Waals surface area contributed by atoms with Gasteiger partial charge in [-0.05, 0) is 35.7 Å².